The molecule has 110 valence electrons. The largest absolute Gasteiger partial charge is 0.409 e. The molecule has 1 fully saturated rings. The number of aryl methyl sites for hydroxylation is 1. The number of rotatable bonds is 4. The lowest BCUT2D eigenvalue weighted by atomic mass is 10.1. The molecule has 1 aromatic rings. The van der Waals surface area contributed by atoms with Crippen molar-refractivity contribution in [2.24, 2.45) is 10.9 Å². The number of amidine groups is 1. The summed E-state index contributed by atoms with van der Waals surface area (Å²) in [6.07, 6.45) is 0.0290. The second kappa shape index (κ2) is 6.11. The molecule has 0 radical (unpaired) electrons. The van der Waals surface area contributed by atoms with Gasteiger partial charge in [-0.15, -0.1) is 0 Å². The molecule has 1 aromatic carbocycles. The Bertz CT molecular complexity index is 492. The van der Waals surface area contributed by atoms with Crippen molar-refractivity contribution in [2.45, 2.75) is 19.1 Å². The van der Waals surface area contributed by atoms with Crippen LogP contribution in [0.25, 0.3) is 0 Å². The third-order valence-corrected chi connectivity index (χ3v) is 3.70. The van der Waals surface area contributed by atoms with Gasteiger partial charge in [-0.2, -0.15) is 0 Å². The summed E-state index contributed by atoms with van der Waals surface area (Å²) in [6.45, 7) is 3.44. The summed E-state index contributed by atoms with van der Waals surface area (Å²) < 4.78 is 10.9. The van der Waals surface area contributed by atoms with Gasteiger partial charge in [-0.25, -0.2) is 0 Å². The molecule has 1 heterocycles. The molecule has 6 heteroatoms. The number of hydrogen-bond acceptors (Lipinski definition) is 5. The Morgan fingerprint density at radius 3 is 2.40 bits per heavy atom. The molecule has 1 aliphatic rings. The van der Waals surface area contributed by atoms with Gasteiger partial charge in [0.15, 0.2) is 5.84 Å². The minimum atomic E-state index is 0.0145. The van der Waals surface area contributed by atoms with Crippen LogP contribution in [0.2, 0.25) is 0 Å². The predicted octanol–water partition coefficient (Wildman–Crippen LogP) is 0.940. The molecule has 6 nitrogen and oxygen atoms in total. The van der Waals surface area contributed by atoms with E-state index in [1.165, 1.54) is 0 Å². The normalized spacial score (nSPS) is 23.4. The summed E-state index contributed by atoms with van der Waals surface area (Å²) in [5.41, 5.74) is 8.52. The zero-order valence-electron chi connectivity index (χ0n) is 12.0. The van der Waals surface area contributed by atoms with Crippen LogP contribution in [-0.4, -0.2) is 50.6 Å². The van der Waals surface area contributed by atoms with Crippen LogP contribution >= 0.6 is 0 Å². The number of hydrogen-bond donors (Lipinski definition) is 2. The molecule has 0 amide bonds. The Labute approximate surface area is 118 Å². The number of benzene rings is 1. The number of methoxy groups -OCH3 is 2. The van der Waals surface area contributed by atoms with Crippen LogP contribution in [0.5, 0.6) is 0 Å². The van der Waals surface area contributed by atoms with Gasteiger partial charge in [0.1, 0.15) is 12.2 Å². The highest BCUT2D eigenvalue weighted by Gasteiger charge is 2.34. The van der Waals surface area contributed by atoms with Crippen LogP contribution in [0, 0.1) is 6.92 Å². The maximum Gasteiger partial charge on any atom is 0.172 e. The maximum absolute atomic E-state index is 8.92. The lowest BCUT2D eigenvalue weighted by Crippen LogP contribution is -2.27. The van der Waals surface area contributed by atoms with Gasteiger partial charge < -0.3 is 25.3 Å². The molecule has 0 saturated carbocycles. The van der Waals surface area contributed by atoms with Crippen molar-refractivity contribution in [3.8, 4) is 0 Å². The van der Waals surface area contributed by atoms with Crippen LogP contribution in [-0.2, 0) is 9.47 Å². The fourth-order valence-corrected chi connectivity index (χ4v) is 2.57. The van der Waals surface area contributed by atoms with Gasteiger partial charge >= 0.3 is 0 Å². The minimum absolute atomic E-state index is 0.0145. The van der Waals surface area contributed by atoms with Crippen molar-refractivity contribution in [3.05, 3.63) is 29.3 Å². The Kier molecular flexibility index (Phi) is 4.46. The van der Waals surface area contributed by atoms with Crippen LogP contribution in [0.3, 0.4) is 0 Å². The fraction of sp³-hybridized carbons (Fsp3) is 0.500. The van der Waals surface area contributed by atoms with Gasteiger partial charge in [-0.1, -0.05) is 11.2 Å². The highest BCUT2D eigenvalue weighted by atomic mass is 16.5. The van der Waals surface area contributed by atoms with E-state index in [4.69, 9.17) is 20.4 Å². The lowest BCUT2D eigenvalue weighted by molar-refractivity contribution is -0.00461. The molecule has 1 saturated heterocycles. The highest BCUT2D eigenvalue weighted by Crippen LogP contribution is 2.28. The van der Waals surface area contributed by atoms with Crippen LogP contribution < -0.4 is 10.6 Å². The average molecular weight is 279 g/mol. The predicted molar refractivity (Wildman–Crippen MR) is 77.5 cm³/mol. The van der Waals surface area contributed by atoms with E-state index >= 15 is 0 Å². The van der Waals surface area contributed by atoms with Crippen molar-refractivity contribution < 1.29 is 14.7 Å². The molecule has 0 aliphatic carbocycles. The summed E-state index contributed by atoms with van der Waals surface area (Å²) in [6, 6.07) is 5.83. The number of oxime groups is 1. The van der Waals surface area contributed by atoms with Crippen molar-refractivity contribution in [1.82, 2.24) is 0 Å². The molecule has 20 heavy (non-hydrogen) atoms. The molecule has 2 rings (SSSR count). The second-order valence-electron chi connectivity index (χ2n) is 4.96. The lowest BCUT2D eigenvalue weighted by Gasteiger charge is -2.21. The van der Waals surface area contributed by atoms with Crippen LogP contribution in [0.4, 0.5) is 5.69 Å². The Morgan fingerprint density at radius 1 is 1.30 bits per heavy atom. The zero-order valence-corrected chi connectivity index (χ0v) is 12.0. The number of ether oxygens (including phenoxy) is 2. The zero-order chi connectivity index (χ0) is 14.7. The van der Waals surface area contributed by atoms with E-state index in [0.717, 1.165) is 11.3 Å². The van der Waals surface area contributed by atoms with Crippen molar-refractivity contribution in [1.29, 1.82) is 0 Å². The van der Waals surface area contributed by atoms with E-state index in [9.17, 15) is 0 Å². The first kappa shape index (κ1) is 14.6. The third kappa shape index (κ3) is 2.71. The summed E-state index contributed by atoms with van der Waals surface area (Å²) in [4.78, 5) is 2.14. The van der Waals surface area contributed by atoms with Crippen molar-refractivity contribution in [3.63, 3.8) is 0 Å². The number of anilines is 1. The highest BCUT2D eigenvalue weighted by molar-refractivity contribution is 6.02. The molecule has 2 atom stereocenters. The fourth-order valence-electron chi connectivity index (χ4n) is 2.57. The van der Waals surface area contributed by atoms with E-state index < -0.39 is 0 Å². The molecule has 2 unspecified atom stereocenters. The van der Waals surface area contributed by atoms with Crippen molar-refractivity contribution >= 4 is 11.5 Å². The topological polar surface area (TPSA) is 80.3 Å². The number of nitrogens with two attached hydrogens (primary N) is 1. The van der Waals surface area contributed by atoms with Gasteiger partial charge in [-0.05, 0) is 24.6 Å². The molecular weight excluding hydrogens is 258 g/mol. The van der Waals surface area contributed by atoms with Crippen LogP contribution in [0.1, 0.15) is 11.1 Å². The first-order chi connectivity index (χ1) is 9.60. The van der Waals surface area contributed by atoms with Gasteiger partial charge in [-0.3, -0.25) is 0 Å². The Balaban J connectivity index is 2.35. The SMILES string of the molecule is COC1CN(c2cc(C)ccc2/C(N)=N/O)CC1OC. The molecule has 1 aliphatic heterocycles. The Morgan fingerprint density at radius 2 is 1.90 bits per heavy atom. The first-order valence-corrected chi connectivity index (χ1v) is 6.49. The van der Waals surface area contributed by atoms with Crippen LogP contribution in [0.15, 0.2) is 23.4 Å². The summed E-state index contributed by atoms with van der Waals surface area (Å²) in [5.74, 6) is 0.106. The van der Waals surface area contributed by atoms with E-state index in [2.05, 4.69) is 10.1 Å². The molecule has 0 spiro atoms. The summed E-state index contributed by atoms with van der Waals surface area (Å²) in [7, 11) is 3.36. The molecule has 0 bridgehead atoms. The summed E-state index contributed by atoms with van der Waals surface area (Å²) >= 11 is 0. The standard InChI is InChI=1S/C14H21N3O3/c1-9-4-5-10(14(15)16-18)11(6-9)17-7-12(19-2)13(8-17)20-3/h4-6,12-13,18H,7-8H2,1-3H3,(H2,15,16). The van der Waals surface area contributed by atoms with E-state index in [0.29, 0.717) is 18.7 Å². The molecule has 0 aromatic heterocycles. The van der Waals surface area contributed by atoms with E-state index in [1.807, 2.05) is 25.1 Å². The van der Waals surface area contributed by atoms with Gasteiger partial charge in [0, 0.05) is 38.6 Å². The third-order valence-electron chi connectivity index (χ3n) is 3.70. The maximum atomic E-state index is 8.92. The first-order valence-electron chi connectivity index (χ1n) is 6.49. The minimum Gasteiger partial charge on any atom is -0.409 e. The molecule has 3 N–H and O–H groups in total. The molecular formula is C14H21N3O3. The summed E-state index contributed by atoms with van der Waals surface area (Å²) in [5, 5.41) is 12.0. The quantitative estimate of drug-likeness (QED) is 0.371. The van der Waals surface area contributed by atoms with Crippen molar-refractivity contribution in [2.75, 3.05) is 32.2 Å². The number of nitrogens with zero attached hydrogens (tertiary/aromatic N) is 2. The van der Waals surface area contributed by atoms with E-state index in [1.54, 1.807) is 14.2 Å². The van der Waals surface area contributed by atoms with Gasteiger partial charge in [0.25, 0.3) is 0 Å². The monoisotopic (exact) mass is 279 g/mol. The van der Waals surface area contributed by atoms with Gasteiger partial charge in [0.05, 0.1) is 0 Å². The Hall–Kier alpha value is -1.79. The average Bonchev–Trinajstić information content (AvgIpc) is 2.89. The smallest absolute Gasteiger partial charge is 0.172 e. The second-order valence-corrected chi connectivity index (χ2v) is 4.96. The van der Waals surface area contributed by atoms with E-state index in [-0.39, 0.29) is 18.0 Å². The van der Waals surface area contributed by atoms with Gasteiger partial charge in [0.2, 0.25) is 0 Å².